The van der Waals surface area contributed by atoms with Gasteiger partial charge in [-0.3, -0.25) is 14.9 Å². The summed E-state index contributed by atoms with van der Waals surface area (Å²) in [5, 5.41) is 14.4. The van der Waals surface area contributed by atoms with Gasteiger partial charge in [-0.2, -0.15) is 4.31 Å². The molecule has 27 heavy (non-hydrogen) atoms. The number of carboxylic acid groups (broad SMARTS) is 1. The van der Waals surface area contributed by atoms with Gasteiger partial charge in [-0.15, -0.1) is 0 Å². The number of carbonyl (C=O) groups excluding carboxylic acids is 1. The molecule has 1 aromatic rings. The highest BCUT2D eigenvalue weighted by Gasteiger charge is 2.26. The molecule has 0 aliphatic carbocycles. The summed E-state index contributed by atoms with van der Waals surface area (Å²) in [6.45, 7) is 3.09. The molecule has 0 aromatic heterocycles. The van der Waals surface area contributed by atoms with Gasteiger partial charge in [0, 0.05) is 18.8 Å². The molecule has 1 amide bonds. The molecule has 1 aliphatic rings. The van der Waals surface area contributed by atoms with Gasteiger partial charge in [0.15, 0.2) is 0 Å². The number of benzene rings is 1. The minimum atomic E-state index is -3.58. The van der Waals surface area contributed by atoms with Crippen LogP contribution in [0.15, 0.2) is 29.2 Å². The van der Waals surface area contributed by atoms with Gasteiger partial charge < -0.3 is 15.2 Å². The van der Waals surface area contributed by atoms with E-state index in [0.29, 0.717) is 44.8 Å². The zero-order chi connectivity index (χ0) is 19.9. The van der Waals surface area contributed by atoms with Crippen molar-refractivity contribution in [2.24, 2.45) is 0 Å². The van der Waals surface area contributed by atoms with E-state index in [1.54, 1.807) is 0 Å². The second-order valence-electron chi connectivity index (χ2n) is 6.15. The number of ether oxygens (including phenoxy) is 1. The van der Waals surface area contributed by atoms with Crippen LogP contribution in [0.2, 0.25) is 0 Å². The van der Waals surface area contributed by atoms with Gasteiger partial charge >= 0.3 is 5.97 Å². The molecule has 10 heteroatoms. The van der Waals surface area contributed by atoms with Crippen LogP contribution in [0, 0.1) is 0 Å². The van der Waals surface area contributed by atoms with Gasteiger partial charge in [0.1, 0.15) is 6.04 Å². The van der Waals surface area contributed by atoms with Crippen LogP contribution in [-0.2, 0) is 24.3 Å². The third-order valence-electron chi connectivity index (χ3n) is 4.13. The van der Waals surface area contributed by atoms with Crippen molar-refractivity contribution in [3.63, 3.8) is 0 Å². The summed E-state index contributed by atoms with van der Waals surface area (Å²) in [7, 11) is -3.58. The van der Waals surface area contributed by atoms with E-state index < -0.39 is 27.9 Å². The maximum absolute atomic E-state index is 12.5. The summed E-state index contributed by atoms with van der Waals surface area (Å²) in [5.74, 6) is -1.40. The van der Waals surface area contributed by atoms with Crippen molar-refractivity contribution in [2.45, 2.75) is 30.7 Å². The first-order valence-corrected chi connectivity index (χ1v) is 10.2. The molecule has 2 rings (SSSR count). The Balaban J connectivity index is 1.93. The standard InChI is InChI=1S/C17H25N3O6S/c1-2-3-15(17(22)23)18-12-16(21)19-13-4-6-14(7-5-13)27(24,25)20-8-10-26-11-9-20/h4-7,15,18H,2-3,8-12H2,1H3,(H,19,21)(H,22,23). The number of carboxylic acids is 1. The topological polar surface area (TPSA) is 125 Å². The van der Waals surface area contributed by atoms with E-state index in [1.807, 2.05) is 6.92 Å². The lowest BCUT2D eigenvalue weighted by molar-refractivity contribution is -0.139. The number of carbonyl (C=O) groups is 2. The number of rotatable bonds is 9. The van der Waals surface area contributed by atoms with Crippen LogP contribution in [0.5, 0.6) is 0 Å². The third kappa shape index (κ3) is 5.99. The number of nitrogens with zero attached hydrogens (tertiary/aromatic N) is 1. The van der Waals surface area contributed by atoms with Crippen molar-refractivity contribution >= 4 is 27.6 Å². The van der Waals surface area contributed by atoms with Crippen LogP contribution < -0.4 is 10.6 Å². The van der Waals surface area contributed by atoms with Crippen molar-refractivity contribution < 1.29 is 27.9 Å². The van der Waals surface area contributed by atoms with Gasteiger partial charge in [0.05, 0.1) is 24.7 Å². The molecule has 1 aromatic carbocycles. The Bertz CT molecular complexity index is 744. The van der Waals surface area contributed by atoms with E-state index in [0.717, 1.165) is 0 Å². The summed E-state index contributed by atoms with van der Waals surface area (Å²) >= 11 is 0. The van der Waals surface area contributed by atoms with Crippen molar-refractivity contribution in [1.29, 1.82) is 0 Å². The Hall–Kier alpha value is -2.01. The first-order chi connectivity index (χ1) is 12.8. The van der Waals surface area contributed by atoms with E-state index in [4.69, 9.17) is 9.84 Å². The summed E-state index contributed by atoms with van der Waals surface area (Å²) in [6.07, 6.45) is 1.11. The lowest BCUT2D eigenvalue weighted by Crippen LogP contribution is -2.41. The average molecular weight is 399 g/mol. The molecular formula is C17H25N3O6S. The second-order valence-corrected chi connectivity index (χ2v) is 8.09. The Morgan fingerprint density at radius 1 is 1.22 bits per heavy atom. The molecule has 1 fully saturated rings. The number of hydrogen-bond acceptors (Lipinski definition) is 6. The van der Waals surface area contributed by atoms with Gasteiger partial charge in [0.2, 0.25) is 15.9 Å². The van der Waals surface area contributed by atoms with Crippen molar-refractivity contribution in [2.75, 3.05) is 38.2 Å². The maximum atomic E-state index is 12.5. The number of morpholine rings is 1. The molecular weight excluding hydrogens is 374 g/mol. The number of anilines is 1. The molecule has 0 bridgehead atoms. The Kier molecular flexibility index (Phi) is 7.72. The van der Waals surface area contributed by atoms with Crippen molar-refractivity contribution in [1.82, 2.24) is 9.62 Å². The number of nitrogens with one attached hydrogen (secondary N) is 2. The molecule has 1 unspecified atom stereocenters. The lowest BCUT2D eigenvalue weighted by atomic mass is 10.2. The molecule has 1 heterocycles. The van der Waals surface area contributed by atoms with Crippen LogP contribution >= 0.6 is 0 Å². The van der Waals surface area contributed by atoms with Gasteiger partial charge in [-0.1, -0.05) is 13.3 Å². The largest absolute Gasteiger partial charge is 0.480 e. The fraction of sp³-hybridized carbons (Fsp3) is 0.529. The molecule has 0 spiro atoms. The lowest BCUT2D eigenvalue weighted by Gasteiger charge is -2.26. The van der Waals surface area contributed by atoms with Crippen molar-refractivity contribution in [3.8, 4) is 0 Å². The van der Waals surface area contributed by atoms with Crippen molar-refractivity contribution in [3.05, 3.63) is 24.3 Å². The van der Waals surface area contributed by atoms with E-state index >= 15 is 0 Å². The van der Waals surface area contributed by atoms with E-state index in [9.17, 15) is 18.0 Å². The van der Waals surface area contributed by atoms with E-state index in [-0.39, 0.29) is 11.4 Å². The third-order valence-corrected chi connectivity index (χ3v) is 6.04. The fourth-order valence-corrected chi connectivity index (χ4v) is 4.08. The van der Waals surface area contributed by atoms with Crippen LogP contribution in [0.25, 0.3) is 0 Å². The average Bonchev–Trinajstić information content (AvgIpc) is 2.66. The normalized spacial score (nSPS) is 16.6. The summed E-state index contributed by atoms with van der Waals surface area (Å²) < 4.78 is 31.6. The number of hydrogen-bond donors (Lipinski definition) is 3. The molecule has 1 saturated heterocycles. The van der Waals surface area contributed by atoms with Gasteiger partial charge in [-0.05, 0) is 30.7 Å². The summed E-state index contributed by atoms with van der Waals surface area (Å²) in [4.78, 5) is 23.2. The number of amides is 1. The predicted molar refractivity (Wildman–Crippen MR) is 99.0 cm³/mol. The highest BCUT2D eigenvalue weighted by Crippen LogP contribution is 2.19. The summed E-state index contributed by atoms with van der Waals surface area (Å²) in [5.41, 5.74) is 0.435. The predicted octanol–water partition coefficient (Wildman–Crippen LogP) is 0.489. The monoisotopic (exact) mass is 399 g/mol. The highest BCUT2D eigenvalue weighted by molar-refractivity contribution is 7.89. The SMILES string of the molecule is CCCC(NCC(=O)Nc1ccc(S(=O)(=O)N2CCOCC2)cc1)C(=O)O. The number of aliphatic carboxylic acids is 1. The smallest absolute Gasteiger partial charge is 0.320 e. The maximum Gasteiger partial charge on any atom is 0.320 e. The van der Waals surface area contributed by atoms with Crippen LogP contribution in [0.3, 0.4) is 0 Å². The fourth-order valence-electron chi connectivity index (χ4n) is 2.67. The molecule has 1 aliphatic heterocycles. The first-order valence-electron chi connectivity index (χ1n) is 8.78. The van der Waals surface area contributed by atoms with Gasteiger partial charge in [0.25, 0.3) is 0 Å². The molecule has 9 nitrogen and oxygen atoms in total. The Morgan fingerprint density at radius 3 is 2.41 bits per heavy atom. The van der Waals surface area contributed by atoms with Crippen LogP contribution in [-0.4, -0.2) is 68.6 Å². The van der Waals surface area contributed by atoms with Gasteiger partial charge in [-0.25, -0.2) is 8.42 Å². The second kappa shape index (κ2) is 9.79. The molecule has 0 saturated carbocycles. The number of sulfonamides is 1. The van der Waals surface area contributed by atoms with Crippen LogP contribution in [0.4, 0.5) is 5.69 Å². The molecule has 1 atom stereocenters. The minimum absolute atomic E-state index is 0.148. The first kappa shape index (κ1) is 21.3. The zero-order valence-electron chi connectivity index (χ0n) is 15.2. The molecule has 0 radical (unpaired) electrons. The minimum Gasteiger partial charge on any atom is -0.480 e. The highest BCUT2D eigenvalue weighted by atomic mass is 32.2. The van der Waals surface area contributed by atoms with Crippen LogP contribution in [0.1, 0.15) is 19.8 Å². The zero-order valence-corrected chi connectivity index (χ0v) is 16.0. The summed E-state index contributed by atoms with van der Waals surface area (Å²) in [6, 6.07) is 5.11. The quantitative estimate of drug-likeness (QED) is 0.552. The molecule has 150 valence electrons. The van der Waals surface area contributed by atoms with E-state index in [2.05, 4.69) is 10.6 Å². The van der Waals surface area contributed by atoms with E-state index in [1.165, 1.54) is 28.6 Å². The Morgan fingerprint density at radius 2 is 1.85 bits per heavy atom. The molecule has 3 N–H and O–H groups in total. The Labute approximate surface area is 158 Å².